The largest absolute Gasteiger partial charge is 0.492 e. The predicted octanol–water partition coefficient (Wildman–Crippen LogP) is 5.75. The molecule has 9 rings (SSSR count). The van der Waals surface area contributed by atoms with Crippen molar-refractivity contribution in [2.75, 3.05) is 23.0 Å². The van der Waals surface area contributed by atoms with Crippen molar-refractivity contribution < 1.29 is 28.7 Å². The third kappa shape index (κ3) is 4.12. The van der Waals surface area contributed by atoms with Crippen LogP contribution in [0.3, 0.4) is 0 Å². The van der Waals surface area contributed by atoms with Crippen LogP contribution in [0.15, 0.2) is 91.0 Å². The summed E-state index contributed by atoms with van der Waals surface area (Å²) in [5.41, 5.74) is 6.26. The Kier molecular flexibility index (Phi) is 6.56. The molecule has 0 unspecified atom stereocenters. The van der Waals surface area contributed by atoms with Crippen LogP contribution >= 0.6 is 0 Å². The molecule has 0 saturated carbocycles. The first-order chi connectivity index (χ1) is 22.4. The summed E-state index contributed by atoms with van der Waals surface area (Å²) in [6.07, 6.45) is 0.0308. The lowest BCUT2D eigenvalue weighted by Gasteiger charge is -2.45. The van der Waals surface area contributed by atoms with E-state index in [-0.39, 0.29) is 42.5 Å². The summed E-state index contributed by atoms with van der Waals surface area (Å²) in [7, 11) is 0. The summed E-state index contributed by atoms with van der Waals surface area (Å²) in [6.45, 7) is 4.32. The zero-order chi connectivity index (χ0) is 31.7. The fraction of sp³-hybridized carbons (Fsp3) is 0.263. The monoisotopic (exact) mass is 612 g/mol. The number of amides is 3. The minimum atomic E-state index is -0.647. The molecule has 0 aromatic heterocycles. The number of aryl methyl sites for hydroxylation is 1. The van der Waals surface area contributed by atoms with Crippen LogP contribution in [0.5, 0.6) is 11.5 Å². The molecule has 2 bridgehead atoms. The van der Waals surface area contributed by atoms with Crippen LogP contribution in [0, 0.1) is 24.7 Å². The van der Waals surface area contributed by atoms with Crippen molar-refractivity contribution >= 4 is 35.1 Å². The van der Waals surface area contributed by atoms with E-state index in [4.69, 9.17) is 9.47 Å². The van der Waals surface area contributed by atoms with Crippen LogP contribution in [0.25, 0.3) is 0 Å². The highest BCUT2D eigenvalue weighted by Gasteiger charge is 2.61. The van der Waals surface area contributed by atoms with E-state index in [9.17, 15) is 19.2 Å². The van der Waals surface area contributed by atoms with Crippen molar-refractivity contribution in [3.05, 3.63) is 119 Å². The molecule has 3 aliphatic carbocycles. The number of anilines is 2. The molecule has 8 nitrogen and oxygen atoms in total. The number of esters is 1. The Morgan fingerprint density at radius 1 is 0.761 bits per heavy atom. The molecule has 0 radical (unpaired) electrons. The number of ether oxygens (including phenoxy) is 2. The molecule has 3 amide bonds. The minimum absolute atomic E-state index is 0.0308. The highest BCUT2D eigenvalue weighted by molar-refractivity contribution is 6.23. The Labute approximate surface area is 266 Å². The van der Waals surface area contributed by atoms with Gasteiger partial charge in [-0.3, -0.25) is 19.2 Å². The van der Waals surface area contributed by atoms with Crippen LogP contribution in [0.1, 0.15) is 53.0 Å². The zero-order valence-electron chi connectivity index (χ0n) is 25.5. The number of nitrogens with zero attached hydrogens (tertiary/aromatic N) is 2. The van der Waals surface area contributed by atoms with Gasteiger partial charge in [-0.15, -0.1) is 0 Å². The second kappa shape index (κ2) is 10.7. The molecule has 5 aliphatic rings. The maximum absolute atomic E-state index is 14.2. The molecule has 2 fully saturated rings. The lowest BCUT2D eigenvalue weighted by atomic mass is 9.55. The number of rotatable bonds is 6. The lowest BCUT2D eigenvalue weighted by Crippen LogP contribution is -2.41. The second-order valence-corrected chi connectivity index (χ2v) is 12.5. The van der Waals surface area contributed by atoms with Gasteiger partial charge in [0.1, 0.15) is 11.5 Å². The smallest absolute Gasteiger partial charge is 0.316 e. The number of imide groups is 1. The quantitative estimate of drug-likeness (QED) is 0.157. The van der Waals surface area contributed by atoms with Crippen molar-refractivity contribution in [1.29, 1.82) is 0 Å². The Morgan fingerprint density at radius 3 is 1.89 bits per heavy atom. The molecular formula is C38H32N2O6. The maximum Gasteiger partial charge on any atom is 0.316 e. The molecule has 3 atom stereocenters. The molecule has 8 heteroatoms. The Hall–Kier alpha value is -5.24. The Balaban J connectivity index is 1.03. The Morgan fingerprint density at radius 2 is 1.33 bits per heavy atom. The number of hydrogen-bond acceptors (Lipinski definition) is 6. The highest BCUT2D eigenvalue weighted by Crippen LogP contribution is 2.61. The van der Waals surface area contributed by atoms with Crippen LogP contribution < -0.4 is 19.3 Å². The summed E-state index contributed by atoms with van der Waals surface area (Å²) < 4.78 is 11.4. The van der Waals surface area contributed by atoms with Gasteiger partial charge in [0, 0.05) is 24.8 Å². The van der Waals surface area contributed by atoms with E-state index >= 15 is 0 Å². The summed E-state index contributed by atoms with van der Waals surface area (Å²) in [6, 6.07) is 28.6. The van der Waals surface area contributed by atoms with Gasteiger partial charge in [0.2, 0.25) is 17.7 Å². The molecule has 46 heavy (non-hydrogen) atoms. The molecule has 2 aliphatic heterocycles. The van der Waals surface area contributed by atoms with Gasteiger partial charge in [-0.25, -0.2) is 4.90 Å². The van der Waals surface area contributed by atoms with Gasteiger partial charge in [0.25, 0.3) is 0 Å². The van der Waals surface area contributed by atoms with Crippen molar-refractivity contribution in [3.8, 4) is 11.5 Å². The van der Waals surface area contributed by atoms with E-state index in [1.165, 1.54) is 4.90 Å². The van der Waals surface area contributed by atoms with Crippen LogP contribution in [-0.2, 0) is 19.2 Å². The fourth-order valence-electron chi connectivity index (χ4n) is 8.11. The number of carbonyl (C=O) groups excluding carboxylic acids is 4. The molecule has 0 N–H and O–H groups in total. The first-order valence-corrected chi connectivity index (χ1v) is 15.8. The van der Waals surface area contributed by atoms with Crippen molar-refractivity contribution in [1.82, 2.24) is 0 Å². The topological polar surface area (TPSA) is 93.2 Å². The van der Waals surface area contributed by atoms with E-state index in [1.54, 1.807) is 42.2 Å². The molecule has 4 aromatic carbocycles. The van der Waals surface area contributed by atoms with Gasteiger partial charge < -0.3 is 14.4 Å². The number of carbonyl (C=O) groups is 4. The van der Waals surface area contributed by atoms with Gasteiger partial charge >= 0.3 is 5.97 Å². The maximum atomic E-state index is 14.2. The highest BCUT2D eigenvalue weighted by atomic mass is 16.5. The summed E-state index contributed by atoms with van der Waals surface area (Å²) in [4.78, 5) is 57.4. The summed E-state index contributed by atoms with van der Waals surface area (Å²) >= 11 is 0. The van der Waals surface area contributed by atoms with Crippen molar-refractivity contribution in [2.24, 2.45) is 17.8 Å². The standard InChI is InChI=1S/C38H32N2O6/c1-3-45-30-15-9-8-14-29(30)39-20-22(19-31(39)41)38(44)46-23-16-17-28(21(2)18-23)40-36(42)34-32-24-10-4-5-11-25(24)33(35(34)37(40)43)27-13-7-6-12-26(27)32/h4-18,22,32-35H,3,19-20H2,1-2H3/t22-,32?,33?,34-,35+/m0/s1. The number of hydrogen-bond donors (Lipinski definition) is 0. The predicted molar refractivity (Wildman–Crippen MR) is 171 cm³/mol. The molecule has 4 aromatic rings. The minimum Gasteiger partial charge on any atom is -0.492 e. The Bertz CT molecular complexity index is 1840. The summed E-state index contributed by atoms with van der Waals surface area (Å²) in [5, 5.41) is 0. The first-order valence-electron chi connectivity index (χ1n) is 15.8. The lowest BCUT2D eigenvalue weighted by molar-refractivity contribution is -0.139. The zero-order valence-corrected chi connectivity index (χ0v) is 25.5. The van der Waals surface area contributed by atoms with E-state index in [1.807, 2.05) is 43.3 Å². The van der Waals surface area contributed by atoms with Crippen molar-refractivity contribution in [3.63, 3.8) is 0 Å². The number of para-hydroxylation sites is 2. The van der Waals surface area contributed by atoms with Gasteiger partial charge in [0.15, 0.2) is 0 Å². The van der Waals surface area contributed by atoms with E-state index in [0.29, 0.717) is 35.0 Å². The SMILES string of the molecule is CCOc1ccccc1N1C[C@@H](C(=O)Oc2ccc(N3C(=O)[C@@H]4C5c6ccccc6C(c6ccccc65)[C@@H]4C3=O)c(C)c2)CC1=O. The van der Waals surface area contributed by atoms with Gasteiger partial charge in [-0.1, -0.05) is 60.7 Å². The fourth-order valence-corrected chi connectivity index (χ4v) is 8.11. The van der Waals surface area contributed by atoms with E-state index < -0.39 is 23.7 Å². The van der Waals surface area contributed by atoms with Crippen LogP contribution in [-0.4, -0.2) is 36.8 Å². The van der Waals surface area contributed by atoms with Crippen molar-refractivity contribution in [2.45, 2.75) is 32.1 Å². The molecular weight excluding hydrogens is 580 g/mol. The number of benzene rings is 4. The molecule has 2 heterocycles. The van der Waals surface area contributed by atoms with E-state index in [2.05, 4.69) is 24.3 Å². The molecule has 0 spiro atoms. The molecule has 230 valence electrons. The first kappa shape index (κ1) is 28.2. The van der Waals surface area contributed by atoms with Crippen LogP contribution in [0.2, 0.25) is 0 Å². The van der Waals surface area contributed by atoms with E-state index in [0.717, 1.165) is 22.3 Å². The average Bonchev–Trinajstić information content (AvgIpc) is 3.58. The third-order valence-electron chi connectivity index (χ3n) is 9.99. The van der Waals surface area contributed by atoms with Gasteiger partial charge in [0.05, 0.1) is 35.7 Å². The van der Waals surface area contributed by atoms with Gasteiger partial charge in [-0.05, 0) is 72.0 Å². The van der Waals surface area contributed by atoms with Gasteiger partial charge in [-0.2, -0.15) is 0 Å². The third-order valence-corrected chi connectivity index (χ3v) is 9.99. The van der Waals surface area contributed by atoms with Crippen LogP contribution in [0.4, 0.5) is 11.4 Å². The average molecular weight is 613 g/mol. The molecule has 2 saturated heterocycles. The summed E-state index contributed by atoms with van der Waals surface area (Å²) in [5.74, 6) is -2.16. The second-order valence-electron chi connectivity index (χ2n) is 12.5. The normalized spacial score (nSPS) is 24.1.